The molecule has 1 amide bonds. The maximum Gasteiger partial charge on any atom is 0.277 e. The first-order valence-electron chi connectivity index (χ1n) is 9.21. The fourth-order valence-corrected chi connectivity index (χ4v) is 3.55. The Balaban J connectivity index is 1.41. The molecule has 1 aliphatic rings. The van der Waals surface area contributed by atoms with Crippen molar-refractivity contribution in [3.05, 3.63) is 69.5 Å². The van der Waals surface area contributed by atoms with Crippen molar-refractivity contribution >= 4 is 28.4 Å². The number of carbonyl (C=O) groups excluding carboxylic acids is 1. The van der Waals surface area contributed by atoms with Crippen molar-refractivity contribution in [2.24, 2.45) is 0 Å². The minimum Gasteiger partial charge on any atom is -0.339 e. The molecule has 144 valence electrons. The third-order valence-electron chi connectivity index (χ3n) is 4.97. The average molecular weight is 398 g/mol. The van der Waals surface area contributed by atoms with Gasteiger partial charge in [-0.2, -0.15) is 0 Å². The van der Waals surface area contributed by atoms with Crippen LogP contribution in [0.25, 0.3) is 10.9 Å². The van der Waals surface area contributed by atoms with Crippen LogP contribution in [0.5, 0.6) is 0 Å². The Morgan fingerprint density at radius 1 is 1.18 bits per heavy atom. The Bertz CT molecular complexity index is 1050. The van der Waals surface area contributed by atoms with Gasteiger partial charge in [-0.1, -0.05) is 41.1 Å². The molecular formula is C20H20ClN5O2. The van der Waals surface area contributed by atoms with Gasteiger partial charge in [-0.25, -0.2) is 4.68 Å². The van der Waals surface area contributed by atoms with E-state index in [0.29, 0.717) is 29.0 Å². The van der Waals surface area contributed by atoms with E-state index < -0.39 is 0 Å². The predicted molar refractivity (Wildman–Crippen MR) is 107 cm³/mol. The van der Waals surface area contributed by atoms with Crippen LogP contribution in [-0.4, -0.2) is 45.4 Å². The Morgan fingerprint density at radius 2 is 1.96 bits per heavy atom. The van der Waals surface area contributed by atoms with E-state index >= 15 is 0 Å². The molecule has 1 fully saturated rings. The van der Waals surface area contributed by atoms with E-state index in [4.69, 9.17) is 11.6 Å². The number of aryl methyl sites for hydroxylation is 1. The molecule has 1 aromatic heterocycles. The molecule has 2 aromatic carbocycles. The van der Waals surface area contributed by atoms with Gasteiger partial charge in [-0.3, -0.25) is 9.59 Å². The lowest BCUT2D eigenvalue weighted by Crippen LogP contribution is -2.48. The first-order valence-corrected chi connectivity index (χ1v) is 9.59. The molecule has 0 bridgehead atoms. The van der Waals surface area contributed by atoms with Gasteiger partial charge < -0.3 is 10.2 Å². The van der Waals surface area contributed by atoms with Crippen LogP contribution in [-0.2, 0) is 11.3 Å². The largest absolute Gasteiger partial charge is 0.339 e. The second kappa shape index (κ2) is 8.08. The molecule has 1 atom stereocenters. The van der Waals surface area contributed by atoms with E-state index in [0.717, 1.165) is 12.1 Å². The first kappa shape index (κ1) is 18.6. The zero-order chi connectivity index (χ0) is 19.5. The summed E-state index contributed by atoms with van der Waals surface area (Å²) in [4.78, 5) is 27.0. The van der Waals surface area contributed by atoms with Crippen LogP contribution < -0.4 is 10.9 Å². The standard InChI is InChI=1S/C20H20ClN5O2/c21-15-7-5-14(6-8-15)18-13-25(12-10-22-18)19(27)9-11-26-20(28)16-3-1-2-4-17(16)23-24-26/h1-8,18,22H,9-13H2. The number of nitrogens with one attached hydrogen (secondary N) is 1. The number of nitrogens with zero attached hydrogens (tertiary/aromatic N) is 4. The smallest absolute Gasteiger partial charge is 0.277 e. The summed E-state index contributed by atoms with van der Waals surface area (Å²) in [5.41, 5.74) is 1.43. The lowest BCUT2D eigenvalue weighted by Gasteiger charge is -2.34. The highest BCUT2D eigenvalue weighted by Crippen LogP contribution is 2.20. The van der Waals surface area contributed by atoms with Gasteiger partial charge in [0.2, 0.25) is 5.91 Å². The number of halogens is 1. The van der Waals surface area contributed by atoms with Gasteiger partial charge in [0.25, 0.3) is 5.56 Å². The summed E-state index contributed by atoms with van der Waals surface area (Å²) in [7, 11) is 0. The van der Waals surface area contributed by atoms with E-state index in [1.807, 2.05) is 35.2 Å². The summed E-state index contributed by atoms with van der Waals surface area (Å²) in [6.45, 7) is 2.15. The number of fused-ring (bicyclic) bond motifs is 1. The number of hydrogen-bond acceptors (Lipinski definition) is 5. The number of piperazine rings is 1. The normalized spacial score (nSPS) is 17.0. The van der Waals surface area contributed by atoms with Gasteiger partial charge in [-0.05, 0) is 29.8 Å². The predicted octanol–water partition coefficient (Wildman–Crippen LogP) is 2.01. The number of benzene rings is 2. The second-order valence-corrected chi connectivity index (χ2v) is 7.22. The molecule has 7 nitrogen and oxygen atoms in total. The van der Waals surface area contributed by atoms with Gasteiger partial charge in [-0.15, -0.1) is 5.10 Å². The third kappa shape index (κ3) is 3.90. The van der Waals surface area contributed by atoms with Crippen LogP contribution in [0.4, 0.5) is 0 Å². The lowest BCUT2D eigenvalue weighted by atomic mass is 10.0. The minimum absolute atomic E-state index is 0.00215. The van der Waals surface area contributed by atoms with Crippen molar-refractivity contribution in [1.29, 1.82) is 0 Å². The maximum absolute atomic E-state index is 12.7. The van der Waals surface area contributed by atoms with Gasteiger partial charge in [0.15, 0.2) is 0 Å². The zero-order valence-corrected chi connectivity index (χ0v) is 16.0. The molecule has 0 aliphatic carbocycles. The number of aromatic nitrogens is 3. The molecule has 28 heavy (non-hydrogen) atoms. The maximum atomic E-state index is 12.7. The van der Waals surface area contributed by atoms with Crippen molar-refractivity contribution in [1.82, 2.24) is 25.2 Å². The summed E-state index contributed by atoms with van der Waals surface area (Å²) >= 11 is 5.95. The number of carbonyl (C=O) groups is 1. The van der Waals surface area contributed by atoms with Crippen LogP contribution in [0.2, 0.25) is 5.02 Å². The van der Waals surface area contributed by atoms with Crippen molar-refractivity contribution in [2.45, 2.75) is 19.0 Å². The second-order valence-electron chi connectivity index (χ2n) is 6.78. The quantitative estimate of drug-likeness (QED) is 0.728. The number of hydrogen-bond donors (Lipinski definition) is 1. The Labute approximate surface area is 166 Å². The van der Waals surface area contributed by atoms with E-state index in [1.54, 1.807) is 18.2 Å². The Kier molecular flexibility index (Phi) is 5.36. The third-order valence-corrected chi connectivity index (χ3v) is 5.22. The van der Waals surface area contributed by atoms with Crippen LogP contribution in [0.1, 0.15) is 18.0 Å². The molecule has 3 aromatic rings. The van der Waals surface area contributed by atoms with Gasteiger partial charge in [0.1, 0.15) is 5.52 Å². The Hall–Kier alpha value is -2.77. The highest BCUT2D eigenvalue weighted by molar-refractivity contribution is 6.30. The van der Waals surface area contributed by atoms with Crippen LogP contribution in [0.15, 0.2) is 53.3 Å². The van der Waals surface area contributed by atoms with E-state index in [9.17, 15) is 9.59 Å². The Morgan fingerprint density at radius 3 is 2.79 bits per heavy atom. The zero-order valence-electron chi connectivity index (χ0n) is 15.2. The lowest BCUT2D eigenvalue weighted by molar-refractivity contribution is -0.132. The molecule has 1 N–H and O–H groups in total. The number of amides is 1. The average Bonchev–Trinajstić information content (AvgIpc) is 2.74. The van der Waals surface area contributed by atoms with Crippen molar-refractivity contribution in [3.8, 4) is 0 Å². The topological polar surface area (TPSA) is 80.1 Å². The summed E-state index contributed by atoms with van der Waals surface area (Å²) in [5, 5.41) is 12.6. The molecule has 2 heterocycles. The molecule has 4 rings (SSSR count). The van der Waals surface area contributed by atoms with Crippen LogP contribution in [0.3, 0.4) is 0 Å². The molecule has 0 radical (unpaired) electrons. The summed E-state index contributed by atoms with van der Waals surface area (Å²) < 4.78 is 1.26. The molecule has 0 saturated carbocycles. The first-order chi connectivity index (χ1) is 13.6. The fraction of sp³-hybridized carbons (Fsp3) is 0.300. The summed E-state index contributed by atoms with van der Waals surface area (Å²) in [6, 6.07) is 14.8. The SMILES string of the molecule is O=C(CCn1nnc2ccccc2c1=O)N1CCNC(c2ccc(Cl)cc2)C1. The summed E-state index contributed by atoms with van der Waals surface area (Å²) in [6.07, 6.45) is 0.209. The highest BCUT2D eigenvalue weighted by Gasteiger charge is 2.24. The monoisotopic (exact) mass is 397 g/mol. The number of rotatable bonds is 4. The van der Waals surface area contributed by atoms with E-state index in [-0.39, 0.29) is 30.5 Å². The molecular weight excluding hydrogens is 378 g/mol. The van der Waals surface area contributed by atoms with Crippen LogP contribution in [0, 0.1) is 0 Å². The van der Waals surface area contributed by atoms with Gasteiger partial charge in [0.05, 0.1) is 11.9 Å². The van der Waals surface area contributed by atoms with Crippen molar-refractivity contribution in [2.75, 3.05) is 19.6 Å². The van der Waals surface area contributed by atoms with Crippen molar-refractivity contribution < 1.29 is 4.79 Å². The molecule has 1 unspecified atom stereocenters. The van der Waals surface area contributed by atoms with Crippen molar-refractivity contribution in [3.63, 3.8) is 0 Å². The van der Waals surface area contributed by atoms with Gasteiger partial charge >= 0.3 is 0 Å². The van der Waals surface area contributed by atoms with Gasteiger partial charge in [0, 0.05) is 37.1 Å². The van der Waals surface area contributed by atoms with E-state index in [1.165, 1.54) is 4.68 Å². The minimum atomic E-state index is -0.224. The van der Waals surface area contributed by atoms with E-state index in [2.05, 4.69) is 15.6 Å². The molecule has 1 saturated heterocycles. The fourth-order valence-electron chi connectivity index (χ4n) is 3.42. The highest BCUT2D eigenvalue weighted by atomic mass is 35.5. The van der Waals surface area contributed by atoms with Crippen LogP contribution >= 0.6 is 11.6 Å². The molecule has 8 heteroatoms. The molecule has 1 aliphatic heterocycles. The molecule has 0 spiro atoms. The summed E-state index contributed by atoms with van der Waals surface area (Å²) in [5.74, 6) is 0.00215.